The molecule has 0 bridgehead atoms. The second kappa shape index (κ2) is 9.43. The van der Waals surface area contributed by atoms with Gasteiger partial charge in [0.1, 0.15) is 11.5 Å². The van der Waals surface area contributed by atoms with E-state index < -0.39 is 0 Å². The summed E-state index contributed by atoms with van der Waals surface area (Å²) in [6.45, 7) is 4.09. The van der Waals surface area contributed by atoms with Gasteiger partial charge in [0, 0.05) is 42.5 Å². The van der Waals surface area contributed by atoms with Crippen molar-refractivity contribution in [2.75, 3.05) is 32.6 Å². The zero-order valence-corrected chi connectivity index (χ0v) is 18.1. The predicted octanol–water partition coefficient (Wildman–Crippen LogP) is 3.78. The molecule has 7 heteroatoms. The van der Waals surface area contributed by atoms with Crippen molar-refractivity contribution >= 4 is 16.9 Å². The van der Waals surface area contributed by atoms with Crippen molar-refractivity contribution in [2.24, 2.45) is 0 Å². The van der Waals surface area contributed by atoms with Gasteiger partial charge in [-0.25, -0.2) is 4.98 Å². The molecular weight excluding hydrogens is 390 g/mol. The number of aromatic amines is 1. The summed E-state index contributed by atoms with van der Waals surface area (Å²) in [7, 11) is 3.26. The Labute approximate surface area is 182 Å². The Hall–Kier alpha value is -3.66. The Morgan fingerprint density at radius 3 is 2.74 bits per heavy atom. The maximum atomic E-state index is 5.35. The molecule has 1 saturated heterocycles. The van der Waals surface area contributed by atoms with Crippen LogP contribution in [0.5, 0.6) is 11.5 Å². The van der Waals surface area contributed by atoms with Crippen LogP contribution in [0.1, 0.15) is 30.9 Å². The molecule has 4 rings (SSSR count). The van der Waals surface area contributed by atoms with E-state index in [0.717, 1.165) is 53.9 Å². The minimum Gasteiger partial charge on any atom is -0.497 e. The van der Waals surface area contributed by atoms with Crippen LogP contribution in [0, 0.1) is 11.8 Å². The van der Waals surface area contributed by atoms with E-state index in [4.69, 9.17) is 9.47 Å². The highest BCUT2D eigenvalue weighted by Gasteiger charge is 2.20. The molecule has 160 valence electrons. The summed E-state index contributed by atoms with van der Waals surface area (Å²) in [6.07, 6.45) is 8.23. The number of nitrogens with zero attached hydrogens (tertiary/aromatic N) is 3. The first kappa shape index (κ1) is 20.6. The van der Waals surface area contributed by atoms with Crippen molar-refractivity contribution in [3.8, 4) is 23.3 Å². The fourth-order valence-corrected chi connectivity index (χ4v) is 3.84. The molecule has 3 aromatic rings. The third kappa shape index (κ3) is 4.75. The number of hydrogen-bond donors (Lipinski definition) is 2. The predicted molar refractivity (Wildman–Crippen MR) is 122 cm³/mol. The third-order valence-corrected chi connectivity index (χ3v) is 5.31. The molecule has 1 aliphatic heterocycles. The summed E-state index contributed by atoms with van der Waals surface area (Å²) in [5.41, 5.74) is 2.40. The van der Waals surface area contributed by atoms with E-state index in [2.05, 4.69) is 49.5 Å². The lowest BCUT2D eigenvalue weighted by atomic mass is 10.1. The average Bonchev–Trinajstić information content (AvgIpc) is 3.21. The first-order valence-corrected chi connectivity index (χ1v) is 10.4. The molecule has 0 spiro atoms. The molecule has 7 nitrogen and oxygen atoms in total. The minimum atomic E-state index is 0.320. The summed E-state index contributed by atoms with van der Waals surface area (Å²) in [4.78, 5) is 6.76. The lowest BCUT2D eigenvalue weighted by Gasteiger charge is -2.32. The highest BCUT2D eigenvalue weighted by atomic mass is 16.5. The Kier molecular flexibility index (Phi) is 6.27. The number of likely N-dealkylation sites (tertiary alicyclic amines) is 1. The molecule has 0 aliphatic carbocycles. The topological polar surface area (TPSA) is 75.3 Å². The van der Waals surface area contributed by atoms with E-state index in [0.29, 0.717) is 17.5 Å². The Morgan fingerprint density at radius 2 is 2.00 bits per heavy atom. The van der Waals surface area contributed by atoms with Crippen molar-refractivity contribution in [1.82, 2.24) is 20.1 Å². The highest BCUT2D eigenvalue weighted by molar-refractivity contribution is 5.92. The van der Waals surface area contributed by atoms with E-state index >= 15 is 0 Å². The number of anilines is 1. The van der Waals surface area contributed by atoms with Gasteiger partial charge in [0.05, 0.1) is 19.6 Å². The molecular formula is C24H27N5O2. The van der Waals surface area contributed by atoms with Gasteiger partial charge in [-0.15, -0.1) is 0 Å². The molecule has 1 unspecified atom stereocenters. The number of piperidine rings is 1. The monoisotopic (exact) mass is 417 g/mol. The van der Waals surface area contributed by atoms with Gasteiger partial charge in [-0.05, 0) is 44.2 Å². The van der Waals surface area contributed by atoms with Crippen LogP contribution in [0.2, 0.25) is 0 Å². The van der Waals surface area contributed by atoms with Gasteiger partial charge in [-0.1, -0.05) is 17.9 Å². The first-order chi connectivity index (χ1) is 15.2. The number of hydrogen-bond acceptors (Lipinski definition) is 6. The van der Waals surface area contributed by atoms with Gasteiger partial charge in [0.15, 0.2) is 11.5 Å². The first-order valence-electron chi connectivity index (χ1n) is 10.4. The lowest BCUT2D eigenvalue weighted by molar-refractivity contribution is 0.290. The molecule has 1 aromatic carbocycles. The molecule has 0 saturated carbocycles. The van der Waals surface area contributed by atoms with E-state index in [9.17, 15) is 0 Å². The Balaban J connectivity index is 1.64. The zero-order valence-electron chi connectivity index (χ0n) is 18.1. The van der Waals surface area contributed by atoms with Crippen LogP contribution in [-0.4, -0.2) is 53.4 Å². The third-order valence-electron chi connectivity index (χ3n) is 5.31. The summed E-state index contributed by atoms with van der Waals surface area (Å²) in [5.74, 6) is 8.70. The van der Waals surface area contributed by atoms with E-state index in [1.807, 2.05) is 31.2 Å². The van der Waals surface area contributed by atoms with Gasteiger partial charge in [-0.3, -0.25) is 5.10 Å². The van der Waals surface area contributed by atoms with Crippen molar-refractivity contribution < 1.29 is 9.47 Å². The number of ether oxygens (including phenoxy) is 2. The van der Waals surface area contributed by atoms with Gasteiger partial charge < -0.3 is 19.7 Å². The smallest absolute Gasteiger partial charge is 0.158 e. The molecule has 2 N–H and O–H groups in total. The van der Waals surface area contributed by atoms with Crippen LogP contribution in [0.4, 0.5) is 5.82 Å². The number of pyridine rings is 1. The fraction of sp³-hybridized carbons (Fsp3) is 0.333. The molecule has 0 amide bonds. The van der Waals surface area contributed by atoms with Crippen LogP contribution in [0.3, 0.4) is 0 Å². The Morgan fingerprint density at radius 1 is 1.19 bits per heavy atom. The molecule has 1 aliphatic rings. The number of H-pyrrole nitrogens is 1. The van der Waals surface area contributed by atoms with E-state index in [1.54, 1.807) is 20.4 Å². The van der Waals surface area contributed by atoms with E-state index in [1.165, 1.54) is 0 Å². The molecule has 31 heavy (non-hydrogen) atoms. The standard InChI is InChI=1S/C24H27N5O2/c1-4-11-29-12-5-6-19(16-29)26-24-22-18(9-10-25-23(22)27-28-24)8-7-17-13-20(30-2)15-21(14-17)31-3/h4,9-11,13-15,19H,5-6,12,16H2,1-3H3,(H2,25,26,27,28). The maximum Gasteiger partial charge on any atom is 0.158 e. The summed E-state index contributed by atoms with van der Waals surface area (Å²) in [5, 5.41) is 12.0. The minimum absolute atomic E-state index is 0.320. The van der Waals surface area contributed by atoms with Crippen LogP contribution >= 0.6 is 0 Å². The second-order valence-electron chi connectivity index (χ2n) is 7.47. The quantitative estimate of drug-likeness (QED) is 0.616. The molecule has 1 atom stereocenters. The van der Waals surface area contributed by atoms with E-state index in [-0.39, 0.29) is 0 Å². The number of allylic oxidation sites excluding steroid dienone is 1. The van der Waals surface area contributed by atoms with Gasteiger partial charge in [-0.2, -0.15) is 5.10 Å². The van der Waals surface area contributed by atoms with Crippen molar-refractivity contribution in [1.29, 1.82) is 0 Å². The molecule has 0 radical (unpaired) electrons. The van der Waals surface area contributed by atoms with Gasteiger partial charge in [0.2, 0.25) is 0 Å². The van der Waals surface area contributed by atoms with Crippen molar-refractivity contribution in [2.45, 2.75) is 25.8 Å². The number of fused-ring (bicyclic) bond motifs is 1. The van der Waals surface area contributed by atoms with Crippen molar-refractivity contribution in [3.63, 3.8) is 0 Å². The summed E-state index contributed by atoms with van der Waals surface area (Å²) < 4.78 is 10.7. The van der Waals surface area contributed by atoms with Crippen LogP contribution in [0.25, 0.3) is 11.0 Å². The number of benzene rings is 1. The van der Waals surface area contributed by atoms with Crippen LogP contribution < -0.4 is 14.8 Å². The number of nitrogens with one attached hydrogen (secondary N) is 2. The average molecular weight is 418 g/mol. The molecule has 1 fully saturated rings. The molecule has 2 aromatic heterocycles. The second-order valence-corrected chi connectivity index (χ2v) is 7.47. The normalized spacial score (nSPS) is 16.2. The van der Waals surface area contributed by atoms with Crippen molar-refractivity contribution in [3.05, 3.63) is 53.9 Å². The Bertz CT molecular complexity index is 1120. The number of methoxy groups -OCH3 is 2. The number of aromatic nitrogens is 3. The maximum absolute atomic E-state index is 5.35. The number of rotatable bonds is 5. The largest absolute Gasteiger partial charge is 0.497 e. The summed E-state index contributed by atoms with van der Waals surface area (Å²) in [6, 6.07) is 7.84. The summed E-state index contributed by atoms with van der Waals surface area (Å²) >= 11 is 0. The van der Waals surface area contributed by atoms with Crippen LogP contribution in [-0.2, 0) is 0 Å². The van der Waals surface area contributed by atoms with Gasteiger partial charge in [0.25, 0.3) is 0 Å². The highest BCUT2D eigenvalue weighted by Crippen LogP contribution is 2.26. The zero-order chi connectivity index (χ0) is 21.6. The fourth-order valence-electron chi connectivity index (χ4n) is 3.84. The van der Waals surface area contributed by atoms with Crippen LogP contribution in [0.15, 0.2) is 42.7 Å². The van der Waals surface area contributed by atoms with Gasteiger partial charge >= 0.3 is 0 Å². The lowest BCUT2D eigenvalue weighted by Crippen LogP contribution is -2.39. The molecule has 3 heterocycles. The SMILES string of the molecule is CC=CN1CCCC(Nc2n[nH]c3nccc(C#Cc4cc(OC)cc(OC)c4)c23)C1.